The van der Waals surface area contributed by atoms with E-state index in [1.165, 1.54) is 155 Å². The summed E-state index contributed by atoms with van der Waals surface area (Å²) in [6.45, 7) is 25.8. The number of fused-ring (bicyclic) bond motifs is 6. The highest BCUT2D eigenvalue weighted by molar-refractivity contribution is 7.02. The molecule has 0 aromatic heterocycles. The molecule has 0 fully saturated rings. The maximum absolute atomic E-state index is 2.68. The third-order valence-corrected chi connectivity index (χ3v) is 21.0. The van der Waals surface area contributed by atoms with E-state index in [1.54, 1.807) is 0 Å². The van der Waals surface area contributed by atoms with Crippen LogP contribution in [0.4, 0.5) is 51.2 Å². The molecule has 0 radical (unpaired) electrons. The first kappa shape index (κ1) is 56.4. The third kappa shape index (κ3) is 8.87. The number of benzene rings is 13. The van der Waals surface area contributed by atoms with Crippen LogP contribution >= 0.6 is 0 Å². The molecule has 0 bridgehead atoms. The summed E-state index contributed by atoms with van der Waals surface area (Å²) in [6, 6.07) is 90.6. The van der Waals surface area contributed by atoms with E-state index in [-0.39, 0.29) is 13.4 Å². The average Bonchev–Trinajstić information content (AvgIpc) is 0.697. The molecule has 2 heterocycles. The maximum atomic E-state index is 2.68. The highest BCUT2D eigenvalue weighted by Crippen LogP contribution is 2.47. The predicted molar refractivity (Wildman–Crippen MR) is 391 cm³/mol. The standard InChI is InChI=1S/C85H73B2N3/c1-52-48-77-85-78(49-52)87(84-61(10)57(6)54(3)58(7)62(84)11)76-51-64(70-43-47-80(74-39-27-25-37-72(70)74)89(67-32-20-14-21-33-67)68-34-22-15-23-35-68)41-45-82(76)90(85)81-44-40-63(50-75(81)86(77)83-59(8)55(4)53(2)56(5)60(83)9)69-42-46-79(73-38-26-24-36-71(69)73)88(65-28-16-12-17-29-65)66-30-18-13-19-31-66/h12-51H,1-11H3. The Labute approximate surface area is 532 Å². The lowest BCUT2D eigenvalue weighted by Crippen LogP contribution is -2.66. The molecule has 0 saturated carbocycles. The Balaban J connectivity index is 0.987. The van der Waals surface area contributed by atoms with Crippen LogP contribution in [0.1, 0.15) is 61.2 Å². The van der Waals surface area contributed by atoms with E-state index < -0.39 is 0 Å². The summed E-state index contributed by atoms with van der Waals surface area (Å²) in [7, 11) is 0. The van der Waals surface area contributed by atoms with Crippen molar-refractivity contribution in [1.29, 1.82) is 0 Å². The van der Waals surface area contributed by atoms with Crippen LogP contribution in [0.25, 0.3) is 43.8 Å². The van der Waals surface area contributed by atoms with Crippen LogP contribution in [0.15, 0.2) is 243 Å². The van der Waals surface area contributed by atoms with E-state index >= 15 is 0 Å². The van der Waals surface area contributed by atoms with E-state index in [0.717, 1.165) is 34.1 Å². The third-order valence-electron chi connectivity index (χ3n) is 21.0. The molecule has 0 aliphatic carbocycles. The summed E-state index contributed by atoms with van der Waals surface area (Å²) in [6.07, 6.45) is 0. The fourth-order valence-corrected chi connectivity index (χ4v) is 15.7. The number of rotatable bonds is 10. The largest absolute Gasteiger partial charge is 0.313 e. The lowest BCUT2D eigenvalue weighted by molar-refractivity contribution is 1.19. The predicted octanol–water partition coefficient (Wildman–Crippen LogP) is 18.8. The SMILES string of the molecule is Cc1cc2c3c(c1)B(c1c(C)c(C)c(C)c(C)c1C)c1cc(-c4ccc(N(c5ccccc5)c5ccccc5)c5ccccc45)ccc1N3c1ccc(-c3ccc(N(c4ccccc4)c4ccccc4)c4ccccc34)cc1B2c1c(C)c(C)c(C)c(C)c1C. The first-order valence-electron chi connectivity index (χ1n) is 32.0. The Morgan fingerprint density at radius 1 is 0.267 bits per heavy atom. The molecule has 0 spiro atoms. The molecule has 434 valence electrons. The van der Waals surface area contributed by atoms with Gasteiger partial charge >= 0.3 is 0 Å². The summed E-state index contributed by atoms with van der Waals surface area (Å²) in [5.74, 6) is 0. The van der Waals surface area contributed by atoms with Gasteiger partial charge in [0.25, 0.3) is 0 Å². The fourth-order valence-electron chi connectivity index (χ4n) is 15.7. The van der Waals surface area contributed by atoms with E-state index in [9.17, 15) is 0 Å². The van der Waals surface area contributed by atoms with Crippen LogP contribution in [-0.4, -0.2) is 13.4 Å². The van der Waals surface area contributed by atoms with Crippen LogP contribution in [0.5, 0.6) is 0 Å². The average molecular weight is 1160 g/mol. The van der Waals surface area contributed by atoms with Crippen molar-refractivity contribution in [1.82, 2.24) is 0 Å². The monoisotopic (exact) mass is 1160 g/mol. The van der Waals surface area contributed by atoms with Gasteiger partial charge in [-0.1, -0.05) is 209 Å². The van der Waals surface area contributed by atoms with Gasteiger partial charge in [0, 0.05) is 50.6 Å². The number of hydrogen-bond acceptors (Lipinski definition) is 3. The number of nitrogens with zero attached hydrogens (tertiary/aromatic N) is 3. The molecule has 2 aliphatic rings. The quantitative estimate of drug-likeness (QED) is 0.126. The van der Waals surface area contributed by atoms with Gasteiger partial charge in [0.05, 0.1) is 11.4 Å². The second-order valence-corrected chi connectivity index (χ2v) is 25.5. The van der Waals surface area contributed by atoms with Gasteiger partial charge in [-0.2, -0.15) is 0 Å². The zero-order chi connectivity index (χ0) is 61.8. The molecule has 90 heavy (non-hydrogen) atoms. The summed E-state index contributed by atoms with van der Waals surface area (Å²) >= 11 is 0. The highest BCUT2D eigenvalue weighted by atomic mass is 15.2. The van der Waals surface area contributed by atoms with Gasteiger partial charge in [0.2, 0.25) is 13.4 Å². The van der Waals surface area contributed by atoms with Crippen molar-refractivity contribution >= 4 is 119 Å². The second kappa shape index (κ2) is 22.2. The van der Waals surface area contributed by atoms with Crippen molar-refractivity contribution in [3.8, 4) is 22.3 Å². The highest BCUT2D eigenvalue weighted by Gasteiger charge is 2.46. The van der Waals surface area contributed by atoms with Crippen molar-refractivity contribution in [3.05, 3.63) is 304 Å². The van der Waals surface area contributed by atoms with E-state index in [0.29, 0.717) is 0 Å². The zero-order valence-electron chi connectivity index (χ0n) is 53.6. The van der Waals surface area contributed by atoms with Gasteiger partial charge in [-0.3, -0.25) is 0 Å². The smallest absolute Gasteiger partial charge is 0.247 e. The molecule has 0 amide bonds. The molecule has 13 aromatic carbocycles. The van der Waals surface area contributed by atoms with Gasteiger partial charge < -0.3 is 14.7 Å². The fraction of sp³-hybridized carbons (Fsp3) is 0.129. The van der Waals surface area contributed by atoms with Crippen LogP contribution in [-0.2, 0) is 0 Å². The summed E-state index contributed by atoms with van der Waals surface area (Å²) in [5.41, 5.74) is 38.6. The Morgan fingerprint density at radius 2 is 0.567 bits per heavy atom. The number of anilines is 9. The van der Waals surface area contributed by atoms with Crippen molar-refractivity contribution in [2.45, 2.75) is 76.2 Å². The van der Waals surface area contributed by atoms with Gasteiger partial charge in [0.1, 0.15) is 0 Å². The first-order valence-corrected chi connectivity index (χ1v) is 32.0. The van der Waals surface area contributed by atoms with Gasteiger partial charge in [-0.25, -0.2) is 0 Å². The van der Waals surface area contributed by atoms with Gasteiger partial charge in [0.15, 0.2) is 0 Å². The lowest BCUT2D eigenvalue weighted by atomic mass is 9.29. The molecule has 0 unspecified atom stereocenters. The number of aryl methyl sites for hydroxylation is 1. The summed E-state index contributed by atoms with van der Waals surface area (Å²) < 4.78 is 0. The van der Waals surface area contributed by atoms with Crippen LogP contribution in [0.2, 0.25) is 0 Å². The van der Waals surface area contributed by atoms with Crippen molar-refractivity contribution in [2.24, 2.45) is 0 Å². The van der Waals surface area contributed by atoms with E-state index in [4.69, 9.17) is 0 Å². The molecule has 0 atom stereocenters. The Morgan fingerprint density at radius 3 is 0.900 bits per heavy atom. The van der Waals surface area contributed by atoms with E-state index in [1.807, 2.05) is 0 Å². The Bertz CT molecular complexity index is 4580. The summed E-state index contributed by atoms with van der Waals surface area (Å²) in [4.78, 5) is 7.48. The number of para-hydroxylation sites is 4. The molecular formula is C85H73B2N3. The molecule has 13 aromatic rings. The minimum Gasteiger partial charge on any atom is -0.313 e. The minimum absolute atomic E-state index is 0.0542. The number of hydrogen-bond donors (Lipinski definition) is 0. The van der Waals surface area contributed by atoms with Crippen molar-refractivity contribution in [2.75, 3.05) is 14.7 Å². The lowest BCUT2D eigenvalue weighted by Gasteiger charge is -2.45. The normalized spacial score (nSPS) is 12.3. The maximum Gasteiger partial charge on any atom is 0.247 e. The topological polar surface area (TPSA) is 9.72 Å². The summed E-state index contributed by atoms with van der Waals surface area (Å²) in [5, 5.41) is 4.83. The van der Waals surface area contributed by atoms with Crippen LogP contribution in [0, 0.1) is 76.2 Å². The van der Waals surface area contributed by atoms with Gasteiger partial charge in [-0.05, 0) is 237 Å². The molecule has 5 heteroatoms. The van der Waals surface area contributed by atoms with Crippen molar-refractivity contribution < 1.29 is 0 Å². The zero-order valence-corrected chi connectivity index (χ0v) is 53.6. The first-order chi connectivity index (χ1) is 43.8. The molecule has 3 nitrogen and oxygen atoms in total. The van der Waals surface area contributed by atoms with Gasteiger partial charge in [-0.15, -0.1) is 0 Å². The molecule has 0 saturated heterocycles. The Hall–Kier alpha value is -10.1. The molecular weight excluding hydrogens is 1080 g/mol. The molecule has 15 rings (SSSR count). The molecule has 0 N–H and O–H groups in total. The second-order valence-electron chi connectivity index (χ2n) is 25.5. The van der Waals surface area contributed by atoms with Crippen LogP contribution in [0.3, 0.4) is 0 Å². The van der Waals surface area contributed by atoms with Crippen LogP contribution < -0.4 is 47.5 Å². The minimum atomic E-state index is -0.0542. The van der Waals surface area contributed by atoms with Crippen molar-refractivity contribution in [3.63, 3.8) is 0 Å². The van der Waals surface area contributed by atoms with E-state index in [2.05, 4.69) is 334 Å². The molecule has 2 aliphatic heterocycles. The Kier molecular flexibility index (Phi) is 13.9.